The van der Waals surface area contributed by atoms with Crippen LogP contribution in [-0.4, -0.2) is 21.9 Å². The van der Waals surface area contributed by atoms with Crippen molar-refractivity contribution in [3.8, 4) is 17.2 Å². The first-order valence-corrected chi connectivity index (χ1v) is 7.08. The molecule has 1 atom stereocenters. The molecule has 1 aromatic carbocycles. The first kappa shape index (κ1) is 15.5. The number of phenols is 1. The first-order chi connectivity index (χ1) is 9.82. The molecule has 114 valence electrons. The fourth-order valence-corrected chi connectivity index (χ4v) is 2.15. The third-order valence-electron chi connectivity index (χ3n) is 3.18. The molecule has 0 fully saturated rings. The van der Waals surface area contributed by atoms with Crippen LogP contribution in [0.4, 0.5) is 0 Å². The molecule has 0 spiro atoms. The average molecular weight is 290 g/mol. The number of ether oxygens (including phenoxy) is 1. The number of hydrogen-bond acceptors (Lipinski definition) is 5. The van der Waals surface area contributed by atoms with Crippen LogP contribution in [0.1, 0.15) is 45.2 Å². The van der Waals surface area contributed by atoms with Crippen LogP contribution in [0.5, 0.6) is 5.75 Å². The Hall–Kier alpha value is -1.88. The van der Waals surface area contributed by atoms with Gasteiger partial charge in [-0.1, -0.05) is 32.0 Å². The second-order valence-electron chi connectivity index (χ2n) is 6.18. The molecular weight excluding hydrogens is 268 g/mol. The second-order valence-corrected chi connectivity index (χ2v) is 6.18. The molecule has 21 heavy (non-hydrogen) atoms. The minimum atomic E-state index is -0.257. The summed E-state index contributed by atoms with van der Waals surface area (Å²) in [4.78, 5) is 4.39. The quantitative estimate of drug-likeness (QED) is 0.925. The third kappa shape index (κ3) is 3.42. The van der Waals surface area contributed by atoms with Crippen LogP contribution in [0.2, 0.25) is 0 Å². The standard InChI is InChI=1S/C16H22N2O3/c1-6-20-13(16(3,4)5)14-17-15(21-18-14)11-8-7-10(2)9-12(11)19/h7-9,13,19H,6H2,1-5H3. The number of hydrogen-bond donors (Lipinski definition) is 1. The number of phenolic OH excluding ortho intramolecular Hbond substituents is 1. The van der Waals surface area contributed by atoms with Crippen molar-refractivity contribution in [2.24, 2.45) is 5.41 Å². The Labute approximate surface area is 125 Å². The molecule has 0 aliphatic rings. The minimum Gasteiger partial charge on any atom is -0.507 e. The van der Waals surface area contributed by atoms with Crippen molar-refractivity contribution in [1.29, 1.82) is 0 Å². The van der Waals surface area contributed by atoms with Gasteiger partial charge in [-0.15, -0.1) is 0 Å². The molecular formula is C16H22N2O3. The second kappa shape index (κ2) is 5.85. The van der Waals surface area contributed by atoms with Gasteiger partial charge in [-0.25, -0.2) is 0 Å². The third-order valence-corrected chi connectivity index (χ3v) is 3.18. The van der Waals surface area contributed by atoms with Crippen LogP contribution in [0.15, 0.2) is 22.7 Å². The van der Waals surface area contributed by atoms with Gasteiger partial charge in [0, 0.05) is 6.61 Å². The molecule has 0 aliphatic heterocycles. The largest absolute Gasteiger partial charge is 0.507 e. The van der Waals surface area contributed by atoms with E-state index in [-0.39, 0.29) is 17.3 Å². The number of aromatic nitrogens is 2. The van der Waals surface area contributed by atoms with E-state index >= 15 is 0 Å². The molecule has 0 aliphatic carbocycles. The summed E-state index contributed by atoms with van der Waals surface area (Å²) >= 11 is 0. The maximum atomic E-state index is 10.00. The fraction of sp³-hybridized carbons (Fsp3) is 0.500. The van der Waals surface area contributed by atoms with E-state index in [0.717, 1.165) is 5.56 Å². The SMILES string of the molecule is CCOC(c1noc(-c2ccc(C)cc2O)n1)C(C)(C)C. The maximum Gasteiger partial charge on any atom is 0.261 e. The van der Waals surface area contributed by atoms with Crippen LogP contribution in [-0.2, 0) is 4.74 Å². The Bertz CT molecular complexity index is 614. The summed E-state index contributed by atoms with van der Waals surface area (Å²) in [5.74, 6) is 0.935. The molecule has 0 saturated heterocycles. The topological polar surface area (TPSA) is 68.4 Å². The molecule has 0 bridgehead atoms. The predicted octanol–water partition coefficient (Wildman–Crippen LogP) is 3.87. The zero-order valence-corrected chi connectivity index (χ0v) is 13.2. The van der Waals surface area contributed by atoms with Crippen molar-refractivity contribution in [1.82, 2.24) is 10.1 Å². The molecule has 0 saturated carbocycles. The van der Waals surface area contributed by atoms with Crippen molar-refractivity contribution >= 4 is 0 Å². The van der Waals surface area contributed by atoms with E-state index in [2.05, 4.69) is 30.9 Å². The number of aryl methyl sites for hydroxylation is 1. The van der Waals surface area contributed by atoms with E-state index in [1.54, 1.807) is 12.1 Å². The van der Waals surface area contributed by atoms with E-state index in [9.17, 15) is 5.11 Å². The lowest BCUT2D eigenvalue weighted by Crippen LogP contribution is -2.22. The molecule has 1 aromatic heterocycles. The van der Waals surface area contributed by atoms with Crippen molar-refractivity contribution in [3.63, 3.8) is 0 Å². The van der Waals surface area contributed by atoms with Crippen LogP contribution in [0.3, 0.4) is 0 Å². The number of rotatable bonds is 4. The Morgan fingerprint density at radius 1 is 1.33 bits per heavy atom. The van der Waals surface area contributed by atoms with Crippen molar-refractivity contribution in [2.45, 2.75) is 40.7 Å². The lowest BCUT2D eigenvalue weighted by Gasteiger charge is -2.27. The molecule has 1 N–H and O–H groups in total. The number of benzene rings is 1. The predicted molar refractivity (Wildman–Crippen MR) is 80.0 cm³/mol. The molecule has 5 nitrogen and oxygen atoms in total. The minimum absolute atomic E-state index is 0.133. The molecule has 0 radical (unpaired) electrons. The van der Waals surface area contributed by atoms with Crippen molar-refractivity contribution in [2.75, 3.05) is 6.61 Å². The Kier molecular flexibility index (Phi) is 4.32. The summed E-state index contributed by atoms with van der Waals surface area (Å²) in [6, 6.07) is 5.33. The van der Waals surface area contributed by atoms with Gasteiger partial charge >= 0.3 is 0 Å². The first-order valence-electron chi connectivity index (χ1n) is 7.08. The normalized spacial score (nSPS) is 13.4. The molecule has 1 heterocycles. The van der Waals surface area contributed by atoms with Gasteiger partial charge < -0.3 is 14.4 Å². The van der Waals surface area contributed by atoms with Crippen LogP contribution in [0.25, 0.3) is 11.5 Å². The Morgan fingerprint density at radius 2 is 2.05 bits per heavy atom. The summed E-state index contributed by atoms with van der Waals surface area (Å²) in [5.41, 5.74) is 1.35. The van der Waals surface area contributed by atoms with Gasteiger partial charge in [-0.05, 0) is 37.0 Å². The fourth-order valence-electron chi connectivity index (χ4n) is 2.15. The van der Waals surface area contributed by atoms with E-state index in [4.69, 9.17) is 9.26 Å². The maximum absolute atomic E-state index is 10.00. The van der Waals surface area contributed by atoms with Gasteiger partial charge in [0.1, 0.15) is 11.9 Å². The summed E-state index contributed by atoms with van der Waals surface area (Å²) in [6.07, 6.45) is -0.257. The van der Waals surface area contributed by atoms with Gasteiger partial charge in [0.25, 0.3) is 5.89 Å². The zero-order valence-electron chi connectivity index (χ0n) is 13.2. The monoisotopic (exact) mass is 290 g/mol. The number of aromatic hydroxyl groups is 1. The van der Waals surface area contributed by atoms with E-state index in [0.29, 0.717) is 23.9 Å². The van der Waals surface area contributed by atoms with E-state index < -0.39 is 0 Å². The Balaban J connectivity index is 2.36. The number of nitrogens with zero attached hydrogens (tertiary/aromatic N) is 2. The van der Waals surface area contributed by atoms with Gasteiger partial charge in [0.2, 0.25) is 5.82 Å². The molecule has 2 aromatic rings. The van der Waals surface area contributed by atoms with E-state index in [1.165, 1.54) is 0 Å². The lowest BCUT2D eigenvalue weighted by atomic mass is 9.88. The summed E-state index contributed by atoms with van der Waals surface area (Å²) in [6.45, 7) is 10.6. The van der Waals surface area contributed by atoms with Crippen LogP contribution in [0, 0.1) is 12.3 Å². The summed E-state index contributed by atoms with van der Waals surface area (Å²) < 4.78 is 11.0. The van der Waals surface area contributed by atoms with Crippen LogP contribution >= 0.6 is 0 Å². The van der Waals surface area contributed by atoms with E-state index in [1.807, 2.05) is 19.9 Å². The van der Waals surface area contributed by atoms with Gasteiger partial charge in [-0.2, -0.15) is 4.98 Å². The highest BCUT2D eigenvalue weighted by atomic mass is 16.5. The lowest BCUT2D eigenvalue weighted by molar-refractivity contribution is -0.0203. The summed E-state index contributed by atoms with van der Waals surface area (Å²) in [5, 5.41) is 14.0. The highest BCUT2D eigenvalue weighted by Crippen LogP contribution is 2.36. The average Bonchev–Trinajstić information content (AvgIpc) is 2.83. The zero-order chi connectivity index (χ0) is 15.6. The van der Waals surface area contributed by atoms with Crippen molar-refractivity contribution in [3.05, 3.63) is 29.6 Å². The molecule has 0 amide bonds. The molecule has 5 heteroatoms. The highest BCUT2D eigenvalue weighted by Gasteiger charge is 2.31. The highest BCUT2D eigenvalue weighted by molar-refractivity contribution is 5.62. The molecule has 2 rings (SSSR count). The van der Waals surface area contributed by atoms with Gasteiger partial charge in [-0.3, -0.25) is 0 Å². The Morgan fingerprint density at radius 3 is 2.62 bits per heavy atom. The van der Waals surface area contributed by atoms with Gasteiger partial charge in [0.15, 0.2) is 0 Å². The smallest absolute Gasteiger partial charge is 0.261 e. The summed E-state index contributed by atoms with van der Waals surface area (Å²) in [7, 11) is 0. The molecule has 1 unspecified atom stereocenters. The van der Waals surface area contributed by atoms with Crippen molar-refractivity contribution < 1.29 is 14.4 Å². The van der Waals surface area contributed by atoms with Gasteiger partial charge in [0.05, 0.1) is 5.56 Å². The van der Waals surface area contributed by atoms with Crippen LogP contribution < -0.4 is 0 Å².